The zero-order valence-electron chi connectivity index (χ0n) is 6.03. The maximum Gasteiger partial charge on any atom is 0.335 e. The number of methoxy groups -OCH3 is 1. The van der Waals surface area contributed by atoms with Crippen molar-refractivity contribution >= 4 is 0 Å². The molecule has 0 aliphatic carbocycles. The van der Waals surface area contributed by atoms with Crippen molar-refractivity contribution in [1.29, 1.82) is 0 Å². The van der Waals surface area contributed by atoms with Gasteiger partial charge in [0.2, 0.25) is 0 Å². The molecule has 0 atom stereocenters. The Bertz CT molecular complexity index is 219. The maximum atomic E-state index is 5.34. The second-order valence-electron chi connectivity index (χ2n) is 1.84. The van der Waals surface area contributed by atoms with Gasteiger partial charge in [0.25, 0.3) is 0 Å². The lowest BCUT2D eigenvalue weighted by atomic mass is 10.6. The van der Waals surface area contributed by atoms with E-state index in [1.165, 1.54) is 7.11 Å². The number of aryl methyl sites for hydroxylation is 1. The molecule has 1 aromatic rings. The number of ether oxygens (including phenoxy) is 1. The molecule has 0 spiro atoms. The summed E-state index contributed by atoms with van der Waals surface area (Å²) in [5.41, 5.74) is 5.34. The first-order valence-electron chi connectivity index (χ1n) is 2.92. The average Bonchev–Trinajstić information content (AvgIpc) is 2.30. The van der Waals surface area contributed by atoms with Crippen LogP contribution >= 0.6 is 0 Å². The van der Waals surface area contributed by atoms with Gasteiger partial charge in [0.15, 0.2) is 0 Å². The number of aromatic nitrogens is 3. The lowest BCUT2D eigenvalue weighted by molar-refractivity contribution is 0.378. The smallest absolute Gasteiger partial charge is 0.335 e. The molecule has 0 amide bonds. The lowest BCUT2D eigenvalue weighted by Crippen LogP contribution is -2.05. The third-order valence-corrected chi connectivity index (χ3v) is 1.20. The predicted octanol–water partition coefficient (Wildman–Crippen LogP) is -0.718. The summed E-state index contributed by atoms with van der Waals surface area (Å²) < 4.78 is 6.37. The van der Waals surface area contributed by atoms with Crippen LogP contribution in [0.3, 0.4) is 0 Å². The molecule has 1 heterocycles. The van der Waals surface area contributed by atoms with Crippen LogP contribution in [0.5, 0.6) is 6.01 Å². The van der Waals surface area contributed by atoms with E-state index in [1.54, 1.807) is 11.7 Å². The van der Waals surface area contributed by atoms with Gasteiger partial charge >= 0.3 is 6.01 Å². The zero-order chi connectivity index (χ0) is 7.56. The molecule has 5 nitrogen and oxygen atoms in total. The molecule has 0 saturated carbocycles. The summed E-state index contributed by atoms with van der Waals surface area (Å²) in [6.45, 7) is 0.382. The highest BCUT2D eigenvalue weighted by atomic mass is 16.5. The molecular formula is C5H10N4O. The highest BCUT2D eigenvalue weighted by Crippen LogP contribution is 2.01. The highest BCUT2D eigenvalue weighted by Gasteiger charge is 2.03. The molecule has 0 aromatic carbocycles. The van der Waals surface area contributed by atoms with Crippen LogP contribution in [0.25, 0.3) is 0 Å². The lowest BCUT2D eigenvalue weighted by Gasteiger charge is -1.89. The first-order chi connectivity index (χ1) is 4.77. The van der Waals surface area contributed by atoms with Crippen LogP contribution in [0, 0.1) is 0 Å². The molecule has 56 valence electrons. The van der Waals surface area contributed by atoms with Crippen molar-refractivity contribution in [3.05, 3.63) is 5.82 Å². The van der Waals surface area contributed by atoms with E-state index in [0.29, 0.717) is 12.6 Å². The monoisotopic (exact) mass is 142 g/mol. The molecule has 0 unspecified atom stereocenters. The Balaban J connectivity index is 2.92. The zero-order valence-corrected chi connectivity index (χ0v) is 6.03. The summed E-state index contributed by atoms with van der Waals surface area (Å²) in [6, 6.07) is 0.364. The van der Waals surface area contributed by atoms with Gasteiger partial charge in [-0.2, -0.15) is 4.98 Å². The van der Waals surface area contributed by atoms with Crippen LogP contribution in [0.4, 0.5) is 0 Å². The minimum absolute atomic E-state index is 0.364. The van der Waals surface area contributed by atoms with Gasteiger partial charge in [-0.3, -0.25) is 0 Å². The molecule has 5 heteroatoms. The molecule has 0 bridgehead atoms. The summed E-state index contributed by atoms with van der Waals surface area (Å²) in [7, 11) is 3.30. The molecule has 10 heavy (non-hydrogen) atoms. The van der Waals surface area contributed by atoms with E-state index in [0.717, 1.165) is 5.82 Å². The number of nitrogens with two attached hydrogens (primary N) is 1. The van der Waals surface area contributed by atoms with Gasteiger partial charge in [0.05, 0.1) is 13.7 Å². The van der Waals surface area contributed by atoms with E-state index in [9.17, 15) is 0 Å². The molecule has 2 N–H and O–H groups in total. The average molecular weight is 142 g/mol. The summed E-state index contributed by atoms with van der Waals surface area (Å²) in [6.07, 6.45) is 0. The van der Waals surface area contributed by atoms with Crippen LogP contribution in [0.1, 0.15) is 5.82 Å². The van der Waals surface area contributed by atoms with Crippen molar-refractivity contribution in [2.24, 2.45) is 12.8 Å². The van der Waals surface area contributed by atoms with E-state index >= 15 is 0 Å². The number of hydrogen-bond donors (Lipinski definition) is 1. The molecule has 0 saturated heterocycles. The predicted molar refractivity (Wildman–Crippen MR) is 35.4 cm³/mol. The third-order valence-electron chi connectivity index (χ3n) is 1.20. The first kappa shape index (κ1) is 7.01. The Morgan fingerprint density at radius 3 is 2.70 bits per heavy atom. The fraction of sp³-hybridized carbons (Fsp3) is 0.600. The van der Waals surface area contributed by atoms with E-state index in [-0.39, 0.29) is 0 Å². The van der Waals surface area contributed by atoms with Crippen LogP contribution in [0.15, 0.2) is 0 Å². The fourth-order valence-corrected chi connectivity index (χ4v) is 0.655. The molecule has 0 aliphatic rings. The number of nitrogens with zero attached hydrogens (tertiary/aromatic N) is 3. The molecule has 1 aromatic heterocycles. The van der Waals surface area contributed by atoms with Gasteiger partial charge in [-0.1, -0.05) is 0 Å². The third kappa shape index (κ3) is 1.08. The SMILES string of the molecule is COc1nc(CN)n(C)n1. The van der Waals surface area contributed by atoms with Crippen molar-refractivity contribution in [2.45, 2.75) is 6.54 Å². The topological polar surface area (TPSA) is 66.0 Å². The van der Waals surface area contributed by atoms with Gasteiger partial charge < -0.3 is 10.5 Å². The van der Waals surface area contributed by atoms with Crippen LogP contribution in [-0.2, 0) is 13.6 Å². The Kier molecular flexibility index (Phi) is 1.86. The quantitative estimate of drug-likeness (QED) is 0.592. The first-order valence-corrected chi connectivity index (χ1v) is 2.92. The van der Waals surface area contributed by atoms with Gasteiger partial charge in [0, 0.05) is 7.05 Å². The van der Waals surface area contributed by atoms with Crippen molar-refractivity contribution in [3.63, 3.8) is 0 Å². The second kappa shape index (κ2) is 2.66. The van der Waals surface area contributed by atoms with Gasteiger partial charge in [-0.15, -0.1) is 5.10 Å². The van der Waals surface area contributed by atoms with Crippen molar-refractivity contribution in [2.75, 3.05) is 7.11 Å². The molecular weight excluding hydrogens is 132 g/mol. The highest BCUT2D eigenvalue weighted by molar-refractivity contribution is 4.95. The maximum absolute atomic E-state index is 5.34. The Hall–Kier alpha value is -1.10. The summed E-state index contributed by atoms with van der Waals surface area (Å²) in [5, 5.41) is 3.90. The molecule has 1 rings (SSSR count). The van der Waals surface area contributed by atoms with E-state index in [4.69, 9.17) is 10.5 Å². The minimum atomic E-state index is 0.364. The Morgan fingerprint density at radius 2 is 2.40 bits per heavy atom. The fourth-order valence-electron chi connectivity index (χ4n) is 0.655. The largest absolute Gasteiger partial charge is 0.466 e. The second-order valence-corrected chi connectivity index (χ2v) is 1.84. The van der Waals surface area contributed by atoms with Crippen molar-refractivity contribution < 1.29 is 4.74 Å². The molecule has 0 radical (unpaired) electrons. The minimum Gasteiger partial charge on any atom is -0.466 e. The van der Waals surface area contributed by atoms with Gasteiger partial charge in [-0.25, -0.2) is 4.68 Å². The number of rotatable bonds is 2. The van der Waals surface area contributed by atoms with Crippen molar-refractivity contribution in [1.82, 2.24) is 14.8 Å². The van der Waals surface area contributed by atoms with E-state index < -0.39 is 0 Å². The summed E-state index contributed by atoms with van der Waals surface area (Å²) in [5.74, 6) is 0.719. The Morgan fingerprint density at radius 1 is 1.70 bits per heavy atom. The van der Waals surface area contributed by atoms with Crippen LogP contribution in [0.2, 0.25) is 0 Å². The molecule has 0 aliphatic heterocycles. The normalized spacial score (nSPS) is 9.90. The summed E-state index contributed by atoms with van der Waals surface area (Å²) >= 11 is 0. The van der Waals surface area contributed by atoms with Gasteiger partial charge in [0.1, 0.15) is 5.82 Å². The van der Waals surface area contributed by atoms with Gasteiger partial charge in [-0.05, 0) is 0 Å². The Labute approximate surface area is 58.8 Å². The summed E-state index contributed by atoms with van der Waals surface area (Å²) in [4.78, 5) is 3.95. The standard InChI is InChI=1S/C5H10N4O/c1-9-4(3-6)7-5(8-9)10-2/h3,6H2,1-2H3. The van der Waals surface area contributed by atoms with Crippen LogP contribution in [-0.4, -0.2) is 21.9 Å². The van der Waals surface area contributed by atoms with Crippen molar-refractivity contribution in [3.8, 4) is 6.01 Å². The van der Waals surface area contributed by atoms with E-state index in [2.05, 4.69) is 10.1 Å². The van der Waals surface area contributed by atoms with E-state index in [1.807, 2.05) is 0 Å². The molecule has 0 fully saturated rings. The van der Waals surface area contributed by atoms with Crippen LogP contribution < -0.4 is 10.5 Å². The number of hydrogen-bond acceptors (Lipinski definition) is 4.